The molecule has 0 saturated carbocycles. The van der Waals surface area contributed by atoms with Gasteiger partial charge in [0.15, 0.2) is 5.16 Å². The van der Waals surface area contributed by atoms with Gasteiger partial charge in [-0.1, -0.05) is 25.6 Å². The Labute approximate surface area is 175 Å². The van der Waals surface area contributed by atoms with Crippen LogP contribution >= 0.6 is 11.8 Å². The standard InChI is InChI=1S/C20H28N4O4S/c1-4-27-19(26)9-17-21-22-20(24(17)12-16-6-5-7-28-16)29-13-18(25)23-10-14(2)8-15(3)11-23/h5-7,14-15H,4,8-13H2,1-3H3/t14-,15-/m0/s1. The van der Waals surface area contributed by atoms with Crippen molar-refractivity contribution >= 4 is 23.6 Å². The van der Waals surface area contributed by atoms with Crippen LogP contribution in [0.1, 0.15) is 38.8 Å². The van der Waals surface area contributed by atoms with Gasteiger partial charge in [-0.25, -0.2) is 0 Å². The Bertz CT molecular complexity index is 811. The van der Waals surface area contributed by atoms with Crippen LogP contribution in [0.15, 0.2) is 28.0 Å². The summed E-state index contributed by atoms with van der Waals surface area (Å²) in [4.78, 5) is 26.6. The van der Waals surface area contributed by atoms with Gasteiger partial charge in [0.2, 0.25) is 5.91 Å². The summed E-state index contributed by atoms with van der Waals surface area (Å²) in [5, 5.41) is 8.96. The Morgan fingerprint density at radius 3 is 2.69 bits per heavy atom. The number of nitrogens with zero attached hydrogens (tertiary/aromatic N) is 4. The maximum Gasteiger partial charge on any atom is 0.313 e. The summed E-state index contributed by atoms with van der Waals surface area (Å²) >= 11 is 1.34. The van der Waals surface area contributed by atoms with E-state index in [2.05, 4.69) is 24.0 Å². The van der Waals surface area contributed by atoms with Crippen molar-refractivity contribution in [2.24, 2.45) is 11.8 Å². The third-order valence-electron chi connectivity index (χ3n) is 4.84. The molecule has 3 heterocycles. The highest BCUT2D eigenvalue weighted by atomic mass is 32.2. The molecule has 158 valence electrons. The number of piperidine rings is 1. The molecular weight excluding hydrogens is 392 g/mol. The fourth-order valence-electron chi connectivity index (χ4n) is 3.70. The van der Waals surface area contributed by atoms with E-state index in [1.165, 1.54) is 11.8 Å². The largest absolute Gasteiger partial charge is 0.467 e. The SMILES string of the molecule is CCOC(=O)Cc1nnc(SCC(=O)N2C[C@@H](C)C[C@H](C)C2)n1Cc1ccco1. The van der Waals surface area contributed by atoms with E-state index in [1.54, 1.807) is 19.3 Å². The van der Waals surface area contributed by atoms with Gasteiger partial charge in [0, 0.05) is 13.1 Å². The van der Waals surface area contributed by atoms with Gasteiger partial charge in [0.25, 0.3) is 0 Å². The second kappa shape index (κ2) is 9.96. The molecule has 1 aliphatic rings. The first-order valence-electron chi connectivity index (χ1n) is 9.96. The number of likely N-dealkylation sites (tertiary alicyclic amines) is 1. The molecule has 0 bridgehead atoms. The lowest BCUT2D eigenvalue weighted by Gasteiger charge is -2.34. The second-order valence-corrected chi connectivity index (χ2v) is 8.52. The van der Waals surface area contributed by atoms with Gasteiger partial charge in [0.1, 0.15) is 18.0 Å². The van der Waals surface area contributed by atoms with Gasteiger partial charge >= 0.3 is 5.97 Å². The molecule has 2 aromatic rings. The van der Waals surface area contributed by atoms with E-state index < -0.39 is 0 Å². The number of amides is 1. The number of aromatic nitrogens is 3. The molecule has 29 heavy (non-hydrogen) atoms. The van der Waals surface area contributed by atoms with E-state index in [9.17, 15) is 9.59 Å². The molecule has 0 aliphatic carbocycles. The minimum atomic E-state index is -0.357. The van der Waals surface area contributed by atoms with E-state index in [1.807, 2.05) is 15.5 Å². The zero-order valence-electron chi connectivity index (χ0n) is 17.2. The van der Waals surface area contributed by atoms with Crippen molar-refractivity contribution in [1.82, 2.24) is 19.7 Å². The summed E-state index contributed by atoms with van der Waals surface area (Å²) in [7, 11) is 0. The van der Waals surface area contributed by atoms with Gasteiger partial charge in [-0.05, 0) is 37.3 Å². The van der Waals surface area contributed by atoms with Crippen LogP contribution in [0.5, 0.6) is 0 Å². The van der Waals surface area contributed by atoms with Crippen LogP contribution in [0.4, 0.5) is 0 Å². The molecule has 1 amide bonds. The van der Waals surface area contributed by atoms with Crippen LogP contribution in [0, 0.1) is 11.8 Å². The molecule has 0 aromatic carbocycles. The van der Waals surface area contributed by atoms with Crippen molar-refractivity contribution in [3.63, 3.8) is 0 Å². The number of ether oxygens (including phenoxy) is 1. The molecule has 1 aliphatic heterocycles. The van der Waals surface area contributed by atoms with Gasteiger partial charge in [0.05, 0.1) is 25.2 Å². The van der Waals surface area contributed by atoms with Gasteiger partial charge in [-0.2, -0.15) is 0 Å². The van der Waals surface area contributed by atoms with Gasteiger partial charge < -0.3 is 14.1 Å². The van der Waals surface area contributed by atoms with E-state index >= 15 is 0 Å². The fourth-order valence-corrected chi connectivity index (χ4v) is 4.56. The molecule has 2 aromatic heterocycles. The van der Waals surface area contributed by atoms with Crippen LogP contribution in [0.3, 0.4) is 0 Å². The Morgan fingerprint density at radius 2 is 2.03 bits per heavy atom. The first-order chi connectivity index (χ1) is 14.0. The first kappa shape index (κ1) is 21.4. The number of carbonyl (C=O) groups excluding carboxylic acids is 2. The quantitative estimate of drug-likeness (QED) is 0.479. The van der Waals surface area contributed by atoms with Crippen LogP contribution in [-0.4, -0.2) is 57.0 Å². The molecule has 9 heteroatoms. The smallest absolute Gasteiger partial charge is 0.313 e. The summed E-state index contributed by atoms with van der Waals surface area (Å²) in [6.07, 6.45) is 2.78. The highest BCUT2D eigenvalue weighted by molar-refractivity contribution is 7.99. The Kier molecular flexibility index (Phi) is 7.35. The maximum atomic E-state index is 12.7. The lowest BCUT2D eigenvalue weighted by Crippen LogP contribution is -2.43. The summed E-state index contributed by atoms with van der Waals surface area (Å²) < 4.78 is 12.3. The number of thioether (sulfide) groups is 1. The molecule has 1 fully saturated rings. The Hall–Kier alpha value is -2.29. The monoisotopic (exact) mass is 420 g/mol. The molecule has 0 radical (unpaired) electrons. The number of hydrogen-bond donors (Lipinski definition) is 0. The highest BCUT2D eigenvalue weighted by Crippen LogP contribution is 2.24. The average molecular weight is 421 g/mol. The molecule has 0 N–H and O–H groups in total. The number of hydrogen-bond acceptors (Lipinski definition) is 7. The molecule has 0 spiro atoms. The topological polar surface area (TPSA) is 90.5 Å². The van der Waals surface area contributed by atoms with Crippen molar-refractivity contribution in [3.8, 4) is 0 Å². The van der Waals surface area contributed by atoms with E-state index in [-0.39, 0.29) is 24.1 Å². The Balaban J connectivity index is 1.69. The molecule has 8 nitrogen and oxygen atoms in total. The first-order valence-corrected chi connectivity index (χ1v) is 11.0. The number of furan rings is 1. The van der Waals surface area contributed by atoms with Crippen molar-refractivity contribution in [2.45, 2.75) is 45.3 Å². The number of rotatable bonds is 8. The molecule has 2 atom stereocenters. The van der Waals surface area contributed by atoms with Crippen molar-refractivity contribution in [3.05, 3.63) is 30.0 Å². The fraction of sp³-hybridized carbons (Fsp3) is 0.600. The molecule has 3 rings (SSSR count). The van der Waals surface area contributed by atoms with Gasteiger partial charge in [-0.15, -0.1) is 10.2 Å². The lowest BCUT2D eigenvalue weighted by atomic mass is 9.92. The predicted octanol–water partition coefficient (Wildman–Crippen LogP) is 2.62. The number of esters is 1. The van der Waals surface area contributed by atoms with Gasteiger partial charge in [-0.3, -0.25) is 14.2 Å². The van der Waals surface area contributed by atoms with Crippen molar-refractivity contribution in [2.75, 3.05) is 25.4 Å². The number of carbonyl (C=O) groups is 2. The van der Waals surface area contributed by atoms with E-state index in [4.69, 9.17) is 9.15 Å². The zero-order valence-corrected chi connectivity index (χ0v) is 18.0. The predicted molar refractivity (Wildman–Crippen MR) is 108 cm³/mol. The van der Waals surface area contributed by atoms with E-state index in [0.717, 1.165) is 25.3 Å². The summed E-state index contributed by atoms with van der Waals surface area (Å²) in [6.45, 7) is 8.45. The lowest BCUT2D eigenvalue weighted by molar-refractivity contribution is -0.142. The zero-order chi connectivity index (χ0) is 20.8. The summed E-state index contributed by atoms with van der Waals surface area (Å²) in [5.74, 6) is 2.29. The van der Waals surface area contributed by atoms with Crippen molar-refractivity contribution in [1.29, 1.82) is 0 Å². The van der Waals surface area contributed by atoms with Crippen molar-refractivity contribution < 1.29 is 18.7 Å². The maximum absolute atomic E-state index is 12.7. The normalized spacial score (nSPS) is 19.3. The molecule has 1 saturated heterocycles. The Morgan fingerprint density at radius 1 is 1.28 bits per heavy atom. The summed E-state index contributed by atoms with van der Waals surface area (Å²) in [5.41, 5.74) is 0. The van der Waals surface area contributed by atoms with Crippen LogP contribution in [-0.2, 0) is 27.3 Å². The third kappa shape index (κ3) is 5.85. The summed E-state index contributed by atoms with van der Waals surface area (Å²) in [6, 6.07) is 3.66. The molecular formula is C20H28N4O4S. The minimum Gasteiger partial charge on any atom is -0.467 e. The molecule has 0 unspecified atom stereocenters. The highest BCUT2D eigenvalue weighted by Gasteiger charge is 2.26. The average Bonchev–Trinajstić information content (AvgIpc) is 3.30. The van der Waals surface area contributed by atoms with E-state index in [0.29, 0.717) is 36.0 Å². The van der Waals surface area contributed by atoms with Crippen LogP contribution in [0.25, 0.3) is 0 Å². The minimum absolute atomic E-state index is 0.0250. The van der Waals surface area contributed by atoms with Crippen LogP contribution < -0.4 is 0 Å². The van der Waals surface area contributed by atoms with Crippen LogP contribution in [0.2, 0.25) is 0 Å². The second-order valence-electron chi connectivity index (χ2n) is 7.58. The third-order valence-corrected chi connectivity index (χ3v) is 5.79.